The Kier molecular flexibility index (Phi) is 7.15. The highest BCUT2D eigenvalue weighted by atomic mass is 16.5. The van der Waals surface area contributed by atoms with Gasteiger partial charge in [0.2, 0.25) is 11.8 Å². The van der Waals surface area contributed by atoms with E-state index in [2.05, 4.69) is 10.6 Å². The minimum absolute atomic E-state index is 0.00819. The van der Waals surface area contributed by atoms with E-state index in [0.717, 1.165) is 24.2 Å². The molecule has 2 N–H and O–H groups in total. The zero-order chi connectivity index (χ0) is 22.2. The minimum Gasteiger partial charge on any atom is -0.457 e. The maximum Gasteiger partial charge on any atom is 0.249 e. The van der Waals surface area contributed by atoms with Gasteiger partial charge in [-0.3, -0.25) is 9.59 Å². The molecule has 0 saturated heterocycles. The maximum absolute atomic E-state index is 12.9. The largest absolute Gasteiger partial charge is 0.457 e. The van der Waals surface area contributed by atoms with Gasteiger partial charge in [0.05, 0.1) is 13.2 Å². The number of ether oxygens (including phenoxy) is 2. The first kappa shape index (κ1) is 21.6. The summed E-state index contributed by atoms with van der Waals surface area (Å²) >= 11 is 0. The third-order valence-electron chi connectivity index (χ3n) is 5.08. The second-order valence-electron chi connectivity index (χ2n) is 7.76. The van der Waals surface area contributed by atoms with Crippen LogP contribution in [-0.4, -0.2) is 24.5 Å². The zero-order valence-electron chi connectivity index (χ0n) is 17.7. The van der Waals surface area contributed by atoms with Crippen molar-refractivity contribution in [3.05, 3.63) is 90.5 Å². The van der Waals surface area contributed by atoms with Crippen molar-refractivity contribution in [1.29, 1.82) is 0 Å². The lowest BCUT2D eigenvalue weighted by Gasteiger charge is -2.19. The van der Waals surface area contributed by atoms with Crippen LogP contribution in [-0.2, 0) is 20.9 Å². The molecule has 32 heavy (non-hydrogen) atoms. The van der Waals surface area contributed by atoms with Crippen LogP contribution in [0.4, 0.5) is 5.69 Å². The van der Waals surface area contributed by atoms with Gasteiger partial charge in [-0.05, 0) is 54.8 Å². The molecular formula is C26H26N2O4. The number of rotatable bonds is 10. The van der Waals surface area contributed by atoms with Crippen LogP contribution in [0.2, 0.25) is 0 Å². The fourth-order valence-corrected chi connectivity index (χ4v) is 3.15. The number of carbonyl (C=O) groups excluding carboxylic acids is 2. The summed E-state index contributed by atoms with van der Waals surface area (Å²) in [6, 6.07) is 25.5. The molecule has 1 atom stereocenters. The Labute approximate surface area is 187 Å². The molecule has 0 heterocycles. The van der Waals surface area contributed by atoms with Gasteiger partial charge in [0.1, 0.15) is 17.5 Å². The standard InChI is InChI=1S/C26H26N2O4/c29-25(20-11-12-20)28-24(18-31-17-19-7-3-1-4-8-19)26(30)27-21-13-15-23(16-14-21)32-22-9-5-2-6-10-22/h1-10,13-16,20,24H,11-12,17-18H2,(H,27,30)(H,28,29). The molecule has 3 aromatic carbocycles. The Morgan fingerprint density at radius 2 is 1.47 bits per heavy atom. The van der Waals surface area contributed by atoms with Crippen molar-refractivity contribution < 1.29 is 19.1 Å². The highest BCUT2D eigenvalue weighted by Gasteiger charge is 2.32. The topological polar surface area (TPSA) is 76.7 Å². The predicted molar refractivity (Wildman–Crippen MR) is 122 cm³/mol. The van der Waals surface area contributed by atoms with Crippen molar-refractivity contribution in [3.8, 4) is 11.5 Å². The molecule has 4 rings (SSSR count). The summed E-state index contributed by atoms with van der Waals surface area (Å²) in [6.07, 6.45) is 1.74. The van der Waals surface area contributed by atoms with Crippen LogP contribution in [0.15, 0.2) is 84.9 Å². The molecule has 164 valence electrons. The van der Waals surface area contributed by atoms with E-state index in [1.807, 2.05) is 60.7 Å². The third-order valence-corrected chi connectivity index (χ3v) is 5.08. The molecule has 0 aliphatic heterocycles. The van der Waals surface area contributed by atoms with Gasteiger partial charge in [0.15, 0.2) is 0 Å². The summed E-state index contributed by atoms with van der Waals surface area (Å²) < 4.78 is 11.5. The quantitative estimate of drug-likeness (QED) is 0.496. The van der Waals surface area contributed by atoms with Crippen LogP contribution >= 0.6 is 0 Å². The van der Waals surface area contributed by atoms with Crippen LogP contribution in [0.25, 0.3) is 0 Å². The van der Waals surface area contributed by atoms with Crippen LogP contribution < -0.4 is 15.4 Å². The number of nitrogens with one attached hydrogen (secondary N) is 2. The Morgan fingerprint density at radius 1 is 0.844 bits per heavy atom. The smallest absolute Gasteiger partial charge is 0.249 e. The van der Waals surface area contributed by atoms with Crippen molar-refractivity contribution in [3.63, 3.8) is 0 Å². The van der Waals surface area contributed by atoms with Crippen molar-refractivity contribution in [2.24, 2.45) is 5.92 Å². The first-order valence-electron chi connectivity index (χ1n) is 10.7. The van der Waals surface area contributed by atoms with E-state index in [9.17, 15) is 9.59 Å². The van der Waals surface area contributed by atoms with E-state index >= 15 is 0 Å². The molecule has 1 aliphatic rings. The Hall–Kier alpha value is -3.64. The normalized spacial score (nSPS) is 13.8. The summed E-state index contributed by atoms with van der Waals surface area (Å²) in [4.78, 5) is 25.1. The van der Waals surface area contributed by atoms with E-state index in [1.54, 1.807) is 24.3 Å². The highest BCUT2D eigenvalue weighted by molar-refractivity contribution is 5.97. The van der Waals surface area contributed by atoms with E-state index < -0.39 is 6.04 Å². The fraction of sp³-hybridized carbons (Fsp3) is 0.231. The van der Waals surface area contributed by atoms with Gasteiger partial charge in [-0.25, -0.2) is 0 Å². The number of hydrogen-bond acceptors (Lipinski definition) is 4. The maximum atomic E-state index is 12.9. The summed E-state index contributed by atoms with van der Waals surface area (Å²) in [7, 11) is 0. The van der Waals surface area contributed by atoms with Gasteiger partial charge < -0.3 is 20.1 Å². The summed E-state index contributed by atoms with van der Waals surface area (Å²) in [6.45, 7) is 0.462. The van der Waals surface area contributed by atoms with E-state index in [4.69, 9.17) is 9.47 Å². The molecular weight excluding hydrogens is 404 g/mol. The predicted octanol–water partition coefficient (Wildman–Crippen LogP) is 4.53. The molecule has 0 spiro atoms. The number of hydrogen-bond donors (Lipinski definition) is 2. The highest BCUT2D eigenvalue weighted by Crippen LogP contribution is 2.29. The number of benzene rings is 3. The van der Waals surface area contributed by atoms with Gasteiger partial charge in [-0.2, -0.15) is 0 Å². The molecule has 6 nitrogen and oxygen atoms in total. The summed E-state index contributed by atoms with van der Waals surface area (Å²) in [5.41, 5.74) is 1.62. The Bertz CT molecular complexity index is 1020. The molecule has 2 amide bonds. The van der Waals surface area contributed by atoms with Crippen LogP contribution in [0, 0.1) is 5.92 Å². The monoisotopic (exact) mass is 430 g/mol. The zero-order valence-corrected chi connectivity index (χ0v) is 17.7. The molecule has 0 radical (unpaired) electrons. The van der Waals surface area contributed by atoms with E-state index in [1.165, 1.54) is 0 Å². The van der Waals surface area contributed by atoms with Crippen LogP contribution in [0.3, 0.4) is 0 Å². The van der Waals surface area contributed by atoms with Crippen molar-refractivity contribution in [2.45, 2.75) is 25.5 Å². The van der Waals surface area contributed by atoms with Gasteiger partial charge >= 0.3 is 0 Å². The van der Waals surface area contributed by atoms with Gasteiger partial charge in [0.25, 0.3) is 0 Å². The number of carbonyl (C=O) groups is 2. The average Bonchev–Trinajstić information content (AvgIpc) is 3.67. The summed E-state index contributed by atoms with van der Waals surface area (Å²) in [5, 5.41) is 5.69. The van der Waals surface area contributed by atoms with Crippen LogP contribution in [0.1, 0.15) is 18.4 Å². The molecule has 0 aromatic heterocycles. The first-order valence-corrected chi connectivity index (χ1v) is 10.7. The minimum atomic E-state index is -0.771. The lowest BCUT2D eigenvalue weighted by molar-refractivity contribution is -0.128. The molecule has 1 fully saturated rings. The van der Waals surface area contributed by atoms with Gasteiger partial charge in [-0.1, -0.05) is 48.5 Å². The van der Waals surface area contributed by atoms with Crippen LogP contribution in [0.5, 0.6) is 11.5 Å². The molecule has 6 heteroatoms. The van der Waals surface area contributed by atoms with Crippen molar-refractivity contribution in [1.82, 2.24) is 5.32 Å². The van der Waals surface area contributed by atoms with Gasteiger partial charge in [-0.15, -0.1) is 0 Å². The van der Waals surface area contributed by atoms with Crippen molar-refractivity contribution >= 4 is 17.5 Å². The lowest BCUT2D eigenvalue weighted by atomic mass is 10.2. The number of anilines is 1. The second-order valence-corrected chi connectivity index (χ2v) is 7.76. The first-order chi connectivity index (χ1) is 15.7. The van der Waals surface area contributed by atoms with Crippen molar-refractivity contribution in [2.75, 3.05) is 11.9 Å². The third kappa shape index (κ3) is 6.43. The van der Waals surface area contributed by atoms with E-state index in [-0.39, 0.29) is 24.3 Å². The van der Waals surface area contributed by atoms with E-state index in [0.29, 0.717) is 18.0 Å². The molecule has 3 aromatic rings. The molecule has 0 bridgehead atoms. The molecule has 1 saturated carbocycles. The Morgan fingerprint density at radius 3 is 2.12 bits per heavy atom. The SMILES string of the molecule is O=C(NC(COCc1ccccc1)C(=O)Nc1ccc(Oc2ccccc2)cc1)C1CC1. The summed E-state index contributed by atoms with van der Waals surface area (Å²) in [5.74, 6) is 0.999. The number of amides is 2. The number of para-hydroxylation sites is 1. The lowest BCUT2D eigenvalue weighted by Crippen LogP contribution is -2.47. The fourth-order valence-electron chi connectivity index (χ4n) is 3.15. The molecule has 1 aliphatic carbocycles. The Balaban J connectivity index is 1.34. The molecule has 1 unspecified atom stereocenters. The van der Waals surface area contributed by atoms with Gasteiger partial charge in [0, 0.05) is 11.6 Å². The second kappa shape index (κ2) is 10.6. The average molecular weight is 431 g/mol.